The van der Waals surface area contributed by atoms with E-state index in [0.717, 1.165) is 5.56 Å². The number of ether oxygens (including phenoxy) is 1. The molecule has 1 amide bonds. The molecule has 0 saturated heterocycles. The smallest absolute Gasteiger partial charge is 0.342 e. The second-order valence-corrected chi connectivity index (χ2v) is 5.50. The molecule has 0 heterocycles. The van der Waals surface area contributed by atoms with E-state index < -0.39 is 18.0 Å². The molecule has 2 aromatic carbocycles. The van der Waals surface area contributed by atoms with Gasteiger partial charge in [0.2, 0.25) is 0 Å². The van der Waals surface area contributed by atoms with Crippen LogP contribution in [0.2, 0.25) is 5.02 Å². The van der Waals surface area contributed by atoms with Gasteiger partial charge in [-0.2, -0.15) is 0 Å². The van der Waals surface area contributed by atoms with Crippen LogP contribution in [0.25, 0.3) is 0 Å². The van der Waals surface area contributed by atoms with E-state index in [2.05, 4.69) is 5.32 Å². The lowest BCUT2D eigenvalue weighted by Gasteiger charge is -2.14. The molecular weight excluding hydrogens is 318 g/mol. The van der Waals surface area contributed by atoms with Crippen molar-refractivity contribution in [2.24, 2.45) is 0 Å². The van der Waals surface area contributed by atoms with Gasteiger partial charge >= 0.3 is 5.97 Å². The number of carbonyl (C=O) groups excluding carboxylic acids is 2. The number of hydrogen-bond donors (Lipinski definition) is 2. The summed E-state index contributed by atoms with van der Waals surface area (Å²) in [5.74, 6) is -1.55. The molecule has 0 bridgehead atoms. The van der Waals surface area contributed by atoms with E-state index in [1.54, 1.807) is 12.1 Å². The molecule has 2 rings (SSSR count). The van der Waals surface area contributed by atoms with Crippen molar-refractivity contribution in [1.82, 2.24) is 0 Å². The summed E-state index contributed by atoms with van der Waals surface area (Å²) in [4.78, 5) is 24.1. The van der Waals surface area contributed by atoms with Gasteiger partial charge in [0.25, 0.3) is 5.91 Å². The van der Waals surface area contributed by atoms with Gasteiger partial charge in [-0.3, -0.25) is 4.79 Å². The van der Waals surface area contributed by atoms with Crippen molar-refractivity contribution in [1.29, 1.82) is 0 Å². The molecule has 2 N–H and O–H groups in total. The third-order valence-corrected chi connectivity index (χ3v) is 3.35. The summed E-state index contributed by atoms with van der Waals surface area (Å²) in [6, 6.07) is 11.3. The van der Waals surface area contributed by atoms with E-state index in [9.17, 15) is 14.7 Å². The van der Waals surface area contributed by atoms with Crippen LogP contribution < -0.4 is 5.32 Å². The van der Waals surface area contributed by atoms with E-state index in [-0.39, 0.29) is 16.3 Å². The van der Waals surface area contributed by atoms with E-state index in [4.69, 9.17) is 16.3 Å². The number of anilines is 1. The van der Waals surface area contributed by atoms with Crippen molar-refractivity contribution >= 4 is 29.2 Å². The van der Waals surface area contributed by atoms with Gasteiger partial charge in [0.05, 0.1) is 0 Å². The van der Waals surface area contributed by atoms with Crippen LogP contribution in [0.5, 0.6) is 5.75 Å². The maximum Gasteiger partial charge on any atom is 0.342 e. The third-order valence-electron chi connectivity index (χ3n) is 3.12. The molecule has 0 spiro atoms. The fraction of sp³-hybridized carbons (Fsp3) is 0.176. The van der Waals surface area contributed by atoms with Crippen LogP contribution in [-0.4, -0.2) is 23.1 Å². The zero-order chi connectivity index (χ0) is 17.0. The lowest BCUT2D eigenvalue weighted by atomic mass is 10.2. The molecular formula is C17H16ClNO4. The largest absolute Gasteiger partial charge is 0.507 e. The lowest BCUT2D eigenvalue weighted by Crippen LogP contribution is -2.30. The number of esters is 1. The minimum Gasteiger partial charge on any atom is -0.507 e. The van der Waals surface area contributed by atoms with Crippen LogP contribution in [0.15, 0.2) is 42.5 Å². The first-order valence-corrected chi connectivity index (χ1v) is 7.31. The summed E-state index contributed by atoms with van der Waals surface area (Å²) in [6.07, 6.45) is -1.03. The van der Waals surface area contributed by atoms with Crippen molar-refractivity contribution in [2.45, 2.75) is 20.0 Å². The molecule has 0 fully saturated rings. The van der Waals surface area contributed by atoms with E-state index in [0.29, 0.717) is 5.69 Å². The van der Waals surface area contributed by atoms with Crippen LogP contribution in [-0.2, 0) is 9.53 Å². The van der Waals surface area contributed by atoms with Crippen molar-refractivity contribution < 1.29 is 19.4 Å². The maximum absolute atomic E-state index is 12.1. The molecule has 23 heavy (non-hydrogen) atoms. The Morgan fingerprint density at radius 3 is 2.65 bits per heavy atom. The second kappa shape index (κ2) is 7.15. The molecule has 0 aliphatic rings. The molecule has 0 aliphatic heterocycles. The molecule has 6 heteroatoms. The van der Waals surface area contributed by atoms with Gasteiger partial charge in [0.15, 0.2) is 6.10 Å². The van der Waals surface area contributed by atoms with Crippen LogP contribution in [0.4, 0.5) is 5.69 Å². The Morgan fingerprint density at radius 1 is 1.22 bits per heavy atom. The van der Waals surface area contributed by atoms with Crippen molar-refractivity contribution in [2.75, 3.05) is 5.32 Å². The summed E-state index contributed by atoms with van der Waals surface area (Å²) >= 11 is 5.78. The molecule has 0 radical (unpaired) electrons. The summed E-state index contributed by atoms with van der Waals surface area (Å²) in [5.41, 5.74) is 1.52. The minimum atomic E-state index is -1.03. The summed E-state index contributed by atoms with van der Waals surface area (Å²) < 4.78 is 5.07. The lowest BCUT2D eigenvalue weighted by molar-refractivity contribution is -0.123. The quantitative estimate of drug-likeness (QED) is 0.839. The van der Waals surface area contributed by atoms with Gasteiger partial charge in [-0.05, 0) is 49.7 Å². The zero-order valence-corrected chi connectivity index (χ0v) is 13.4. The molecule has 0 aliphatic carbocycles. The summed E-state index contributed by atoms with van der Waals surface area (Å²) in [5, 5.41) is 12.6. The molecule has 5 nitrogen and oxygen atoms in total. The predicted octanol–water partition coefficient (Wildman–Crippen LogP) is 3.54. The van der Waals surface area contributed by atoms with Crippen molar-refractivity contribution in [3.05, 3.63) is 58.6 Å². The highest BCUT2D eigenvalue weighted by atomic mass is 35.5. The van der Waals surface area contributed by atoms with Crippen LogP contribution in [0, 0.1) is 6.92 Å². The van der Waals surface area contributed by atoms with Crippen LogP contribution in [0.3, 0.4) is 0 Å². The van der Waals surface area contributed by atoms with Crippen molar-refractivity contribution in [3.8, 4) is 5.75 Å². The average Bonchev–Trinajstić information content (AvgIpc) is 2.49. The Balaban J connectivity index is 2.03. The summed E-state index contributed by atoms with van der Waals surface area (Å²) in [7, 11) is 0. The standard InChI is InChI=1S/C17H16ClNO4/c1-10-4-3-5-13(8-10)19-16(21)11(2)23-17(22)14-9-12(18)6-7-15(14)20/h3-9,11,20H,1-2H3,(H,19,21)/t11-/m1/s1. The first-order valence-electron chi connectivity index (χ1n) is 6.94. The van der Waals surface area contributed by atoms with Gasteiger partial charge in [0.1, 0.15) is 11.3 Å². The number of nitrogens with one attached hydrogen (secondary N) is 1. The van der Waals surface area contributed by atoms with Crippen molar-refractivity contribution in [3.63, 3.8) is 0 Å². The zero-order valence-electron chi connectivity index (χ0n) is 12.7. The normalized spacial score (nSPS) is 11.6. The molecule has 0 saturated carbocycles. The van der Waals surface area contributed by atoms with E-state index >= 15 is 0 Å². The van der Waals surface area contributed by atoms with E-state index in [1.807, 2.05) is 19.1 Å². The number of aromatic hydroxyl groups is 1. The molecule has 0 aromatic heterocycles. The highest BCUT2D eigenvalue weighted by molar-refractivity contribution is 6.31. The number of aryl methyl sites for hydroxylation is 1. The fourth-order valence-corrected chi connectivity index (χ4v) is 2.09. The molecule has 1 atom stereocenters. The Bertz CT molecular complexity index is 745. The third kappa shape index (κ3) is 4.47. The number of phenols is 1. The minimum absolute atomic E-state index is 0.0901. The van der Waals surface area contributed by atoms with Gasteiger partial charge in [-0.15, -0.1) is 0 Å². The monoisotopic (exact) mass is 333 g/mol. The number of carbonyl (C=O) groups is 2. The number of halogens is 1. The maximum atomic E-state index is 12.1. The SMILES string of the molecule is Cc1cccc(NC(=O)[C@@H](C)OC(=O)c2cc(Cl)ccc2O)c1. The Labute approximate surface area is 138 Å². The number of rotatable bonds is 4. The number of benzene rings is 2. The van der Waals surface area contributed by atoms with E-state index in [1.165, 1.54) is 25.1 Å². The first kappa shape index (κ1) is 16.8. The Morgan fingerprint density at radius 2 is 1.96 bits per heavy atom. The number of phenolic OH excluding ortho intramolecular Hbond substituents is 1. The Hall–Kier alpha value is -2.53. The van der Waals surface area contributed by atoms with Gasteiger partial charge < -0.3 is 15.2 Å². The van der Waals surface area contributed by atoms with Gasteiger partial charge in [-0.25, -0.2) is 4.79 Å². The predicted molar refractivity (Wildman–Crippen MR) is 87.8 cm³/mol. The number of hydrogen-bond acceptors (Lipinski definition) is 4. The highest BCUT2D eigenvalue weighted by Crippen LogP contribution is 2.22. The van der Waals surface area contributed by atoms with Gasteiger partial charge in [-0.1, -0.05) is 23.7 Å². The second-order valence-electron chi connectivity index (χ2n) is 5.07. The van der Waals surface area contributed by atoms with Crippen LogP contribution >= 0.6 is 11.6 Å². The summed E-state index contributed by atoms with van der Waals surface area (Å²) in [6.45, 7) is 3.35. The topological polar surface area (TPSA) is 75.6 Å². The fourth-order valence-electron chi connectivity index (χ4n) is 1.92. The first-order chi connectivity index (χ1) is 10.9. The number of amides is 1. The molecule has 120 valence electrons. The molecule has 0 unspecified atom stereocenters. The average molecular weight is 334 g/mol. The van der Waals surface area contributed by atoms with Crippen LogP contribution in [0.1, 0.15) is 22.8 Å². The van der Waals surface area contributed by atoms with Gasteiger partial charge in [0, 0.05) is 10.7 Å². The Kier molecular flexibility index (Phi) is 5.24. The molecule has 2 aromatic rings. The highest BCUT2D eigenvalue weighted by Gasteiger charge is 2.21.